The highest BCUT2D eigenvalue weighted by molar-refractivity contribution is 6.14. The first kappa shape index (κ1) is 22.1. The number of carbonyl (C=O) groups is 2. The number of benzene rings is 2. The SMILES string of the molecule is CCN1c2cc(C)c(/C=C3\NC(=O)N(Cc4ccc(F)cc4)C3=O)cc2C(C)CC1(C)C. The number of hydrogen-bond acceptors (Lipinski definition) is 3. The quantitative estimate of drug-likeness (QED) is 0.521. The summed E-state index contributed by atoms with van der Waals surface area (Å²) in [5.74, 6) is -0.334. The number of fused-ring (bicyclic) bond motifs is 1. The Kier molecular flexibility index (Phi) is 5.57. The molecule has 6 heteroatoms. The van der Waals surface area contributed by atoms with Crippen LogP contribution in [-0.4, -0.2) is 28.9 Å². The van der Waals surface area contributed by atoms with Crippen molar-refractivity contribution in [3.8, 4) is 0 Å². The minimum Gasteiger partial charge on any atom is -0.366 e. The van der Waals surface area contributed by atoms with Crippen LogP contribution in [0.25, 0.3) is 6.08 Å². The molecule has 1 atom stereocenters. The first-order chi connectivity index (χ1) is 15.1. The molecule has 1 fully saturated rings. The summed E-state index contributed by atoms with van der Waals surface area (Å²) in [5.41, 5.74) is 5.54. The van der Waals surface area contributed by atoms with E-state index in [2.05, 4.69) is 50.0 Å². The van der Waals surface area contributed by atoms with Crippen LogP contribution in [0, 0.1) is 12.7 Å². The number of carbonyl (C=O) groups excluding carboxylic acids is 2. The Morgan fingerprint density at radius 2 is 1.88 bits per heavy atom. The molecule has 1 N–H and O–H groups in total. The fourth-order valence-electron chi connectivity index (χ4n) is 5.05. The summed E-state index contributed by atoms with van der Waals surface area (Å²) >= 11 is 0. The normalized spacial score (nSPS) is 21.2. The number of amides is 3. The predicted octanol–water partition coefficient (Wildman–Crippen LogP) is 5.34. The molecular formula is C26H30FN3O2. The van der Waals surface area contributed by atoms with Crippen LogP contribution >= 0.6 is 0 Å². The molecule has 0 spiro atoms. The summed E-state index contributed by atoms with van der Waals surface area (Å²) < 4.78 is 13.2. The van der Waals surface area contributed by atoms with Crippen molar-refractivity contribution in [1.29, 1.82) is 0 Å². The minimum atomic E-state index is -0.464. The summed E-state index contributed by atoms with van der Waals surface area (Å²) in [6.45, 7) is 12.0. The van der Waals surface area contributed by atoms with Gasteiger partial charge in [0.05, 0.1) is 6.54 Å². The first-order valence-electron chi connectivity index (χ1n) is 11.1. The summed E-state index contributed by atoms with van der Waals surface area (Å²) in [6, 6.07) is 9.68. The van der Waals surface area contributed by atoms with E-state index in [1.807, 2.05) is 6.92 Å². The van der Waals surface area contributed by atoms with Crippen LogP contribution in [0.15, 0.2) is 42.1 Å². The lowest BCUT2D eigenvalue weighted by molar-refractivity contribution is -0.123. The molecule has 1 saturated heterocycles. The van der Waals surface area contributed by atoms with Crippen LogP contribution in [0.4, 0.5) is 14.9 Å². The zero-order valence-corrected chi connectivity index (χ0v) is 19.3. The molecular weight excluding hydrogens is 405 g/mol. The topological polar surface area (TPSA) is 52.7 Å². The molecule has 3 amide bonds. The van der Waals surface area contributed by atoms with Crippen LogP contribution in [0.1, 0.15) is 62.3 Å². The molecule has 0 saturated carbocycles. The van der Waals surface area contributed by atoms with Gasteiger partial charge in [0.15, 0.2) is 0 Å². The molecule has 1 unspecified atom stereocenters. The molecule has 168 valence electrons. The van der Waals surface area contributed by atoms with Crippen molar-refractivity contribution in [1.82, 2.24) is 10.2 Å². The van der Waals surface area contributed by atoms with Gasteiger partial charge in [-0.2, -0.15) is 0 Å². The molecule has 2 aliphatic rings. The molecule has 32 heavy (non-hydrogen) atoms. The Bertz CT molecular complexity index is 1100. The maximum absolute atomic E-state index is 13.2. The Morgan fingerprint density at radius 3 is 2.53 bits per heavy atom. The van der Waals surface area contributed by atoms with E-state index in [1.165, 1.54) is 23.4 Å². The van der Waals surface area contributed by atoms with Gasteiger partial charge in [-0.15, -0.1) is 0 Å². The lowest BCUT2D eigenvalue weighted by Crippen LogP contribution is -2.48. The Hall–Kier alpha value is -3.15. The highest BCUT2D eigenvalue weighted by Gasteiger charge is 2.36. The highest BCUT2D eigenvalue weighted by Crippen LogP contribution is 2.44. The molecule has 2 aromatic rings. The number of imide groups is 1. The number of nitrogens with zero attached hydrogens (tertiary/aromatic N) is 2. The molecule has 0 aliphatic carbocycles. The lowest BCUT2D eigenvalue weighted by Gasteiger charge is -2.47. The van der Waals surface area contributed by atoms with E-state index in [4.69, 9.17) is 0 Å². The number of nitrogens with one attached hydrogen (secondary N) is 1. The second-order valence-corrected chi connectivity index (χ2v) is 9.44. The van der Waals surface area contributed by atoms with Crippen LogP contribution < -0.4 is 10.2 Å². The number of urea groups is 1. The van der Waals surface area contributed by atoms with Gasteiger partial charge >= 0.3 is 6.03 Å². The summed E-state index contributed by atoms with van der Waals surface area (Å²) in [5, 5.41) is 2.70. The maximum atomic E-state index is 13.2. The van der Waals surface area contributed by atoms with Crippen molar-refractivity contribution in [2.75, 3.05) is 11.4 Å². The largest absolute Gasteiger partial charge is 0.366 e. The minimum absolute atomic E-state index is 0.0871. The zero-order valence-electron chi connectivity index (χ0n) is 19.3. The smallest absolute Gasteiger partial charge is 0.329 e. The third-order valence-electron chi connectivity index (χ3n) is 6.61. The second kappa shape index (κ2) is 8.08. The highest BCUT2D eigenvalue weighted by atomic mass is 19.1. The van der Waals surface area contributed by atoms with E-state index >= 15 is 0 Å². The number of hydrogen-bond donors (Lipinski definition) is 1. The predicted molar refractivity (Wildman–Crippen MR) is 125 cm³/mol. The first-order valence-corrected chi connectivity index (χ1v) is 11.1. The molecule has 5 nitrogen and oxygen atoms in total. The van der Waals surface area contributed by atoms with Crippen molar-refractivity contribution in [3.05, 3.63) is 70.2 Å². The monoisotopic (exact) mass is 435 g/mol. The van der Waals surface area contributed by atoms with Gasteiger partial charge in [-0.1, -0.05) is 19.1 Å². The van der Waals surface area contributed by atoms with Crippen molar-refractivity contribution in [3.63, 3.8) is 0 Å². The van der Waals surface area contributed by atoms with E-state index in [9.17, 15) is 14.0 Å². The molecule has 4 rings (SSSR count). The third-order valence-corrected chi connectivity index (χ3v) is 6.61. The Morgan fingerprint density at radius 1 is 1.19 bits per heavy atom. The summed E-state index contributed by atoms with van der Waals surface area (Å²) in [7, 11) is 0. The van der Waals surface area contributed by atoms with E-state index in [0.717, 1.165) is 29.0 Å². The van der Waals surface area contributed by atoms with E-state index < -0.39 is 6.03 Å². The van der Waals surface area contributed by atoms with Gasteiger partial charge in [0.2, 0.25) is 0 Å². The van der Waals surface area contributed by atoms with Crippen molar-refractivity contribution in [2.45, 2.75) is 59.0 Å². The molecule has 2 aliphatic heterocycles. The van der Waals surface area contributed by atoms with E-state index in [1.54, 1.807) is 18.2 Å². The van der Waals surface area contributed by atoms with Crippen LogP contribution in [0.2, 0.25) is 0 Å². The molecule has 0 aromatic heterocycles. The summed E-state index contributed by atoms with van der Waals surface area (Å²) in [6.07, 6.45) is 2.82. The van der Waals surface area contributed by atoms with Crippen molar-refractivity contribution >= 4 is 23.7 Å². The van der Waals surface area contributed by atoms with Gasteiger partial charge < -0.3 is 10.2 Å². The fourth-order valence-corrected chi connectivity index (χ4v) is 5.05. The van der Waals surface area contributed by atoms with Gasteiger partial charge in [0.1, 0.15) is 11.5 Å². The molecule has 0 bridgehead atoms. The Balaban J connectivity index is 1.64. The average molecular weight is 436 g/mol. The van der Waals surface area contributed by atoms with Crippen LogP contribution in [-0.2, 0) is 11.3 Å². The van der Waals surface area contributed by atoms with Crippen LogP contribution in [0.3, 0.4) is 0 Å². The van der Waals surface area contributed by atoms with Gasteiger partial charge in [0.25, 0.3) is 5.91 Å². The van der Waals surface area contributed by atoms with E-state index in [-0.39, 0.29) is 29.5 Å². The third kappa shape index (κ3) is 3.90. The molecule has 2 aromatic carbocycles. The van der Waals surface area contributed by atoms with Crippen molar-refractivity contribution in [2.24, 2.45) is 0 Å². The standard InChI is InChI=1S/C26H30FN3O2/c1-6-30-23-11-16(2)19(12-21(23)17(3)14-26(30,4)5)13-22-24(31)29(25(32)28-22)15-18-7-9-20(27)10-8-18/h7-13,17H,6,14-15H2,1-5H3,(H,28,32)/b22-13-. The van der Waals surface area contributed by atoms with Crippen molar-refractivity contribution < 1.29 is 14.0 Å². The lowest BCUT2D eigenvalue weighted by atomic mass is 9.79. The zero-order chi connectivity index (χ0) is 23.2. The fraction of sp³-hybridized carbons (Fsp3) is 0.385. The number of aryl methyl sites for hydroxylation is 1. The maximum Gasteiger partial charge on any atom is 0.329 e. The average Bonchev–Trinajstić information content (AvgIpc) is 2.98. The van der Waals surface area contributed by atoms with Gasteiger partial charge in [0, 0.05) is 17.8 Å². The van der Waals surface area contributed by atoms with Gasteiger partial charge in [-0.05, 0) is 92.6 Å². The molecule has 2 heterocycles. The Labute approximate surface area is 188 Å². The van der Waals surface area contributed by atoms with E-state index in [0.29, 0.717) is 11.5 Å². The number of anilines is 1. The summed E-state index contributed by atoms with van der Waals surface area (Å²) in [4.78, 5) is 29.0. The second-order valence-electron chi connectivity index (χ2n) is 9.44. The van der Waals surface area contributed by atoms with Gasteiger partial charge in [-0.25, -0.2) is 9.18 Å². The van der Waals surface area contributed by atoms with Gasteiger partial charge in [-0.3, -0.25) is 9.69 Å². The number of halogens is 1. The number of rotatable bonds is 4. The molecule has 0 radical (unpaired) electrons. The van der Waals surface area contributed by atoms with Crippen LogP contribution in [0.5, 0.6) is 0 Å².